The van der Waals surface area contributed by atoms with E-state index in [1.165, 1.54) is 0 Å². The molecule has 2 N–H and O–H groups in total. The molecule has 2 nitrogen and oxygen atoms in total. The number of nitrogens with one attached hydrogen (secondary N) is 1. The molecule has 0 fully saturated rings. The molecule has 0 saturated carbocycles. The van der Waals surface area contributed by atoms with Gasteiger partial charge in [-0.3, -0.25) is 0 Å². The van der Waals surface area contributed by atoms with E-state index in [4.69, 9.17) is 23.2 Å². The van der Waals surface area contributed by atoms with Gasteiger partial charge >= 0.3 is 0 Å². The Morgan fingerprint density at radius 2 is 1.89 bits per heavy atom. The zero-order valence-corrected chi connectivity index (χ0v) is 13.3. The summed E-state index contributed by atoms with van der Waals surface area (Å²) in [7, 11) is 0. The van der Waals surface area contributed by atoms with Gasteiger partial charge in [-0.1, -0.05) is 29.3 Å². The van der Waals surface area contributed by atoms with Crippen LogP contribution in [0.25, 0.3) is 0 Å². The van der Waals surface area contributed by atoms with Crippen LogP contribution >= 0.6 is 39.1 Å². The number of anilines is 1. The fourth-order valence-corrected chi connectivity index (χ4v) is 2.51. The zero-order valence-electron chi connectivity index (χ0n) is 10.2. The molecule has 0 amide bonds. The molecular weight excluding hydrogens is 349 g/mol. The van der Waals surface area contributed by atoms with Crippen molar-refractivity contribution >= 4 is 44.8 Å². The first-order valence-electron chi connectivity index (χ1n) is 5.64. The molecule has 0 bridgehead atoms. The summed E-state index contributed by atoms with van der Waals surface area (Å²) in [5.41, 5.74) is 2.77. The lowest BCUT2D eigenvalue weighted by molar-refractivity contribution is 0.471. The first-order valence-corrected chi connectivity index (χ1v) is 7.19. The van der Waals surface area contributed by atoms with Gasteiger partial charge in [-0.2, -0.15) is 0 Å². The average Bonchev–Trinajstić information content (AvgIpc) is 2.36. The highest BCUT2D eigenvalue weighted by atomic mass is 79.9. The van der Waals surface area contributed by atoms with Gasteiger partial charge in [0.25, 0.3) is 0 Å². The number of aromatic hydroxyl groups is 1. The van der Waals surface area contributed by atoms with Gasteiger partial charge in [-0.05, 0) is 58.2 Å². The third kappa shape index (κ3) is 3.56. The summed E-state index contributed by atoms with van der Waals surface area (Å²) in [6.45, 7) is 2.51. The maximum Gasteiger partial charge on any atom is 0.129 e. The smallest absolute Gasteiger partial charge is 0.129 e. The van der Waals surface area contributed by atoms with Crippen LogP contribution in [-0.4, -0.2) is 5.11 Å². The predicted octanol–water partition coefficient (Wildman–Crippen LogP) is 5.38. The third-order valence-electron chi connectivity index (χ3n) is 2.74. The summed E-state index contributed by atoms with van der Waals surface area (Å²) in [6.07, 6.45) is 0. The van der Waals surface area contributed by atoms with Crippen LogP contribution in [0.4, 0.5) is 5.69 Å². The van der Waals surface area contributed by atoms with E-state index in [1.54, 1.807) is 6.07 Å². The highest BCUT2D eigenvalue weighted by Gasteiger charge is 2.05. The molecule has 19 heavy (non-hydrogen) atoms. The van der Waals surface area contributed by atoms with Crippen LogP contribution in [0.5, 0.6) is 5.75 Å². The molecular formula is C14H12BrCl2NO. The molecule has 2 aromatic rings. The summed E-state index contributed by atoms with van der Waals surface area (Å²) in [5, 5.41) is 14.0. The Labute approximate surface area is 130 Å². The van der Waals surface area contributed by atoms with Gasteiger partial charge in [0.2, 0.25) is 0 Å². The second-order valence-electron chi connectivity index (χ2n) is 4.22. The summed E-state index contributed by atoms with van der Waals surface area (Å²) in [6, 6.07) is 8.99. The summed E-state index contributed by atoms with van der Waals surface area (Å²) in [4.78, 5) is 0. The second kappa shape index (κ2) is 6.04. The zero-order chi connectivity index (χ0) is 14.0. The molecule has 0 aliphatic carbocycles. The number of aryl methyl sites for hydroxylation is 1. The highest BCUT2D eigenvalue weighted by molar-refractivity contribution is 9.10. The molecule has 0 saturated heterocycles. The van der Waals surface area contributed by atoms with Crippen LogP contribution in [0.1, 0.15) is 11.1 Å². The normalized spacial score (nSPS) is 10.5. The van der Waals surface area contributed by atoms with Crippen molar-refractivity contribution in [3.63, 3.8) is 0 Å². The molecule has 0 aromatic heterocycles. The van der Waals surface area contributed by atoms with E-state index < -0.39 is 0 Å². The van der Waals surface area contributed by atoms with Crippen molar-refractivity contribution in [2.45, 2.75) is 13.5 Å². The average molecular weight is 361 g/mol. The Balaban J connectivity index is 2.14. The standard InChI is InChI=1S/C14H12BrCl2NO/c1-8-4-12(17)13(6-11(8)16)18-7-9-2-3-14(19)10(15)5-9/h2-6,18-19H,7H2,1H3. The SMILES string of the molecule is Cc1cc(Cl)c(NCc2ccc(O)c(Br)c2)cc1Cl. The lowest BCUT2D eigenvalue weighted by atomic mass is 10.2. The molecule has 2 rings (SSSR count). The maximum atomic E-state index is 9.43. The van der Waals surface area contributed by atoms with Crippen molar-refractivity contribution in [2.75, 3.05) is 5.32 Å². The van der Waals surface area contributed by atoms with Crippen molar-refractivity contribution in [3.8, 4) is 5.75 Å². The third-order valence-corrected chi connectivity index (χ3v) is 4.10. The number of phenols is 1. The molecule has 0 aliphatic rings. The van der Waals surface area contributed by atoms with Crippen molar-refractivity contribution in [1.29, 1.82) is 0 Å². The van der Waals surface area contributed by atoms with E-state index in [1.807, 2.05) is 31.2 Å². The number of benzene rings is 2. The lowest BCUT2D eigenvalue weighted by Gasteiger charge is -2.11. The first-order chi connectivity index (χ1) is 8.97. The Morgan fingerprint density at radius 1 is 1.16 bits per heavy atom. The Kier molecular flexibility index (Phi) is 4.61. The minimum absolute atomic E-state index is 0.222. The van der Waals surface area contributed by atoms with Gasteiger partial charge in [-0.15, -0.1) is 0 Å². The second-order valence-corrected chi connectivity index (χ2v) is 5.89. The topological polar surface area (TPSA) is 32.3 Å². The van der Waals surface area contributed by atoms with Crippen LogP contribution in [0.3, 0.4) is 0 Å². The van der Waals surface area contributed by atoms with E-state index in [0.717, 1.165) is 16.8 Å². The number of hydrogen-bond donors (Lipinski definition) is 2. The lowest BCUT2D eigenvalue weighted by Crippen LogP contribution is -2.00. The van der Waals surface area contributed by atoms with Gasteiger partial charge in [0.1, 0.15) is 5.75 Å². The van der Waals surface area contributed by atoms with Crippen molar-refractivity contribution < 1.29 is 5.11 Å². The molecule has 2 aromatic carbocycles. The van der Waals surface area contributed by atoms with E-state index in [0.29, 0.717) is 21.1 Å². The maximum absolute atomic E-state index is 9.43. The largest absolute Gasteiger partial charge is 0.507 e. The number of rotatable bonds is 3. The van der Waals surface area contributed by atoms with Gasteiger partial charge in [0.15, 0.2) is 0 Å². The molecule has 0 unspecified atom stereocenters. The fraction of sp³-hybridized carbons (Fsp3) is 0.143. The van der Waals surface area contributed by atoms with Gasteiger partial charge in [0, 0.05) is 11.6 Å². The van der Waals surface area contributed by atoms with E-state index in [-0.39, 0.29) is 5.75 Å². The Hall–Kier alpha value is -0.900. The minimum atomic E-state index is 0.222. The highest BCUT2D eigenvalue weighted by Crippen LogP contribution is 2.30. The number of phenolic OH excluding ortho intramolecular Hbond substituents is 1. The molecule has 0 aliphatic heterocycles. The van der Waals surface area contributed by atoms with Gasteiger partial charge in [-0.25, -0.2) is 0 Å². The van der Waals surface area contributed by atoms with Crippen LogP contribution in [0, 0.1) is 6.92 Å². The Morgan fingerprint density at radius 3 is 2.58 bits per heavy atom. The Bertz CT molecular complexity index is 617. The first kappa shape index (κ1) is 14.5. The van der Waals surface area contributed by atoms with Gasteiger partial charge < -0.3 is 10.4 Å². The van der Waals surface area contributed by atoms with Crippen LogP contribution in [0.2, 0.25) is 10.0 Å². The molecule has 100 valence electrons. The molecule has 5 heteroatoms. The van der Waals surface area contributed by atoms with E-state index >= 15 is 0 Å². The van der Waals surface area contributed by atoms with Gasteiger partial charge in [0.05, 0.1) is 15.2 Å². The minimum Gasteiger partial charge on any atom is -0.507 e. The van der Waals surface area contributed by atoms with Crippen molar-refractivity contribution in [1.82, 2.24) is 0 Å². The predicted molar refractivity (Wildman–Crippen MR) is 84.3 cm³/mol. The molecule has 0 spiro atoms. The molecule has 0 heterocycles. The van der Waals surface area contributed by atoms with Crippen LogP contribution in [0.15, 0.2) is 34.8 Å². The number of hydrogen-bond acceptors (Lipinski definition) is 2. The summed E-state index contributed by atoms with van der Waals surface area (Å²) >= 11 is 15.5. The van der Waals surface area contributed by atoms with E-state index in [9.17, 15) is 5.11 Å². The monoisotopic (exact) mass is 359 g/mol. The fourth-order valence-electron chi connectivity index (χ4n) is 1.64. The molecule has 0 radical (unpaired) electrons. The van der Waals surface area contributed by atoms with Crippen LogP contribution < -0.4 is 5.32 Å². The van der Waals surface area contributed by atoms with E-state index in [2.05, 4.69) is 21.2 Å². The number of halogens is 3. The summed E-state index contributed by atoms with van der Waals surface area (Å²) < 4.78 is 0.667. The van der Waals surface area contributed by atoms with Crippen molar-refractivity contribution in [2.24, 2.45) is 0 Å². The summed E-state index contributed by atoms with van der Waals surface area (Å²) in [5.74, 6) is 0.222. The molecule has 0 atom stereocenters. The van der Waals surface area contributed by atoms with Crippen molar-refractivity contribution in [3.05, 3.63) is 56.0 Å². The quantitative estimate of drug-likeness (QED) is 0.769. The van der Waals surface area contributed by atoms with Crippen LogP contribution in [-0.2, 0) is 6.54 Å².